The summed E-state index contributed by atoms with van der Waals surface area (Å²) in [5.41, 5.74) is 0.949. The van der Waals surface area contributed by atoms with Crippen LogP contribution >= 0.6 is 11.6 Å². The van der Waals surface area contributed by atoms with Gasteiger partial charge < -0.3 is 15.3 Å². The standard InChI is InChI=1S/C12H13ClO5/c13-5-9(15)3-7-1-2-8(6-14)10(4-7)11(16)12(17)18/h1-2,4,11,14,16H,3,5-6H2,(H,17,18). The Labute approximate surface area is 109 Å². The average Bonchev–Trinajstić information content (AvgIpc) is 2.37. The predicted molar refractivity (Wildman–Crippen MR) is 64.4 cm³/mol. The van der Waals surface area contributed by atoms with Gasteiger partial charge >= 0.3 is 5.97 Å². The predicted octanol–water partition coefficient (Wildman–Crippen LogP) is 0.647. The van der Waals surface area contributed by atoms with E-state index in [0.717, 1.165) is 0 Å². The number of hydrogen-bond acceptors (Lipinski definition) is 4. The fourth-order valence-electron chi connectivity index (χ4n) is 1.56. The molecule has 0 aliphatic heterocycles. The van der Waals surface area contributed by atoms with Gasteiger partial charge in [-0.05, 0) is 16.7 Å². The van der Waals surface area contributed by atoms with Gasteiger partial charge in [0.15, 0.2) is 11.9 Å². The fraction of sp³-hybridized carbons (Fsp3) is 0.333. The van der Waals surface area contributed by atoms with E-state index in [1.54, 1.807) is 6.07 Å². The second-order valence-corrected chi connectivity index (χ2v) is 4.05. The minimum absolute atomic E-state index is 0.0640. The molecule has 0 bridgehead atoms. The summed E-state index contributed by atoms with van der Waals surface area (Å²) in [7, 11) is 0. The molecule has 0 spiro atoms. The Balaban J connectivity index is 3.09. The molecule has 0 fully saturated rings. The van der Waals surface area contributed by atoms with Crippen LogP contribution in [0.4, 0.5) is 0 Å². The molecule has 0 aliphatic carbocycles. The number of carbonyl (C=O) groups is 2. The molecule has 0 aromatic heterocycles. The number of hydrogen-bond donors (Lipinski definition) is 3. The second kappa shape index (κ2) is 6.49. The molecule has 1 aromatic rings. The normalized spacial score (nSPS) is 12.2. The van der Waals surface area contributed by atoms with Crippen molar-refractivity contribution < 1.29 is 24.9 Å². The summed E-state index contributed by atoms with van der Waals surface area (Å²) in [6.45, 7) is -0.386. The number of benzene rings is 1. The molecule has 1 atom stereocenters. The van der Waals surface area contributed by atoms with Gasteiger partial charge in [0.05, 0.1) is 12.5 Å². The molecule has 98 valence electrons. The molecule has 0 saturated carbocycles. The number of carbonyl (C=O) groups excluding carboxylic acids is 1. The number of alkyl halides is 1. The van der Waals surface area contributed by atoms with Gasteiger partial charge in [0.1, 0.15) is 0 Å². The Bertz CT molecular complexity index is 458. The van der Waals surface area contributed by atoms with Crippen LogP contribution in [0.3, 0.4) is 0 Å². The van der Waals surface area contributed by atoms with Crippen LogP contribution in [0, 0.1) is 0 Å². The number of carboxylic acid groups (broad SMARTS) is 1. The van der Waals surface area contributed by atoms with Crippen LogP contribution in [0.15, 0.2) is 18.2 Å². The van der Waals surface area contributed by atoms with E-state index >= 15 is 0 Å². The van der Waals surface area contributed by atoms with Crippen LogP contribution in [0.2, 0.25) is 0 Å². The number of aliphatic carboxylic acids is 1. The third kappa shape index (κ3) is 3.53. The van der Waals surface area contributed by atoms with Gasteiger partial charge in [-0.1, -0.05) is 18.2 Å². The summed E-state index contributed by atoms with van der Waals surface area (Å²) in [5, 5.41) is 27.3. The highest BCUT2D eigenvalue weighted by Crippen LogP contribution is 2.21. The zero-order valence-corrected chi connectivity index (χ0v) is 10.2. The Morgan fingerprint density at radius 1 is 1.33 bits per heavy atom. The van der Waals surface area contributed by atoms with Crippen LogP contribution in [0.5, 0.6) is 0 Å². The average molecular weight is 273 g/mol. The first-order chi connectivity index (χ1) is 8.49. The minimum atomic E-state index is -1.72. The number of aliphatic hydroxyl groups is 2. The molecule has 6 heteroatoms. The van der Waals surface area contributed by atoms with Crippen molar-refractivity contribution in [2.45, 2.75) is 19.1 Å². The maximum Gasteiger partial charge on any atom is 0.337 e. The maximum absolute atomic E-state index is 11.2. The zero-order chi connectivity index (χ0) is 13.7. The minimum Gasteiger partial charge on any atom is -0.479 e. The number of Topliss-reactive ketones (excluding diaryl/α,β-unsaturated/α-hetero) is 1. The van der Waals surface area contributed by atoms with Gasteiger partial charge in [-0.3, -0.25) is 4.79 Å². The Kier molecular flexibility index (Phi) is 5.27. The lowest BCUT2D eigenvalue weighted by molar-refractivity contribution is -0.147. The molecule has 0 aliphatic rings. The van der Waals surface area contributed by atoms with Crippen molar-refractivity contribution in [3.8, 4) is 0 Å². The summed E-state index contributed by atoms with van der Waals surface area (Å²) >= 11 is 5.38. The number of halogens is 1. The van der Waals surface area contributed by atoms with Gasteiger partial charge in [0.2, 0.25) is 0 Å². The van der Waals surface area contributed by atoms with Crippen molar-refractivity contribution in [2.24, 2.45) is 0 Å². The lowest BCUT2D eigenvalue weighted by atomic mass is 9.97. The fourth-order valence-corrected chi connectivity index (χ4v) is 1.66. The Morgan fingerprint density at radius 3 is 2.50 bits per heavy atom. The second-order valence-electron chi connectivity index (χ2n) is 3.78. The first kappa shape index (κ1) is 14.6. The van der Waals surface area contributed by atoms with E-state index in [4.69, 9.17) is 21.8 Å². The maximum atomic E-state index is 11.2. The highest BCUT2D eigenvalue weighted by Gasteiger charge is 2.20. The molecule has 18 heavy (non-hydrogen) atoms. The van der Waals surface area contributed by atoms with Crippen LogP contribution in [0.1, 0.15) is 22.8 Å². The van der Waals surface area contributed by atoms with E-state index in [0.29, 0.717) is 11.1 Å². The molecule has 0 amide bonds. The Morgan fingerprint density at radius 2 is 2.00 bits per heavy atom. The van der Waals surface area contributed by atoms with Crippen LogP contribution in [-0.2, 0) is 22.6 Å². The zero-order valence-electron chi connectivity index (χ0n) is 9.47. The largest absolute Gasteiger partial charge is 0.479 e. The summed E-state index contributed by atoms with van der Waals surface area (Å²) in [6.07, 6.45) is -1.66. The summed E-state index contributed by atoms with van der Waals surface area (Å²) in [6, 6.07) is 4.47. The van der Waals surface area contributed by atoms with Crippen molar-refractivity contribution in [2.75, 3.05) is 5.88 Å². The van der Waals surface area contributed by atoms with E-state index in [1.807, 2.05) is 0 Å². The third-order valence-corrected chi connectivity index (χ3v) is 2.76. The molecule has 0 radical (unpaired) electrons. The molecule has 0 heterocycles. The SMILES string of the molecule is O=C(CCl)Cc1ccc(CO)c(C(O)C(=O)O)c1. The smallest absolute Gasteiger partial charge is 0.337 e. The van der Waals surface area contributed by atoms with Gasteiger partial charge in [0.25, 0.3) is 0 Å². The first-order valence-corrected chi connectivity index (χ1v) is 5.74. The number of rotatable bonds is 6. The Hall–Kier alpha value is -1.43. The van der Waals surface area contributed by atoms with Crippen molar-refractivity contribution in [1.29, 1.82) is 0 Å². The topological polar surface area (TPSA) is 94.8 Å². The lowest BCUT2D eigenvalue weighted by Crippen LogP contribution is -2.14. The summed E-state index contributed by atoms with van der Waals surface area (Å²) < 4.78 is 0. The molecule has 3 N–H and O–H groups in total. The quantitative estimate of drug-likeness (QED) is 0.661. The van der Waals surface area contributed by atoms with E-state index in [2.05, 4.69) is 0 Å². The van der Waals surface area contributed by atoms with Crippen LogP contribution in [-0.4, -0.2) is 33.0 Å². The highest BCUT2D eigenvalue weighted by atomic mass is 35.5. The summed E-state index contributed by atoms with van der Waals surface area (Å²) in [4.78, 5) is 21.9. The number of aliphatic hydroxyl groups excluding tert-OH is 2. The molecule has 1 rings (SSSR count). The molecule has 1 aromatic carbocycles. The lowest BCUT2D eigenvalue weighted by Gasteiger charge is -2.12. The number of ketones is 1. The molecular formula is C12H13ClO5. The number of carboxylic acids is 1. The van der Waals surface area contributed by atoms with Gasteiger partial charge in [-0.15, -0.1) is 11.6 Å². The van der Waals surface area contributed by atoms with E-state index < -0.39 is 12.1 Å². The highest BCUT2D eigenvalue weighted by molar-refractivity contribution is 6.27. The molecule has 5 nitrogen and oxygen atoms in total. The van der Waals surface area contributed by atoms with Crippen LogP contribution in [0.25, 0.3) is 0 Å². The van der Waals surface area contributed by atoms with Crippen molar-refractivity contribution >= 4 is 23.4 Å². The molecular weight excluding hydrogens is 260 g/mol. The molecule has 1 unspecified atom stereocenters. The first-order valence-electron chi connectivity index (χ1n) is 5.20. The van der Waals surface area contributed by atoms with E-state index in [1.165, 1.54) is 12.1 Å². The van der Waals surface area contributed by atoms with Gasteiger partial charge in [-0.25, -0.2) is 4.79 Å². The van der Waals surface area contributed by atoms with Crippen molar-refractivity contribution in [1.82, 2.24) is 0 Å². The van der Waals surface area contributed by atoms with E-state index in [-0.39, 0.29) is 30.3 Å². The monoisotopic (exact) mass is 272 g/mol. The molecule has 0 saturated heterocycles. The van der Waals surface area contributed by atoms with Gasteiger partial charge in [-0.2, -0.15) is 0 Å². The summed E-state index contributed by atoms with van der Waals surface area (Å²) in [5.74, 6) is -1.74. The van der Waals surface area contributed by atoms with Crippen molar-refractivity contribution in [3.05, 3.63) is 34.9 Å². The van der Waals surface area contributed by atoms with Crippen molar-refractivity contribution in [3.63, 3.8) is 0 Å². The van der Waals surface area contributed by atoms with E-state index in [9.17, 15) is 14.7 Å². The van der Waals surface area contributed by atoms with Crippen LogP contribution < -0.4 is 0 Å². The van der Waals surface area contributed by atoms with Gasteiger partial charge in [0, 0.05) is 6.42 Å². The third-order valence-electron chi connectivity index (χ3n) is 2.46.